The highest BCUT2D eigenvalue weighted by Crippen LogP contribution is 2.17. The van der Waals surface area contributed by atoms with Gasteiger partial charge in [0.05, 0.1) is 5.75 Å². The summed E-state index contributed by atoms with van der Waals surface area (Å²) < 4.78 is 25.9. The standard InChI is InChI=1S/C17H25N3O3S/c21-17(8-15-24(22,23)20-9-4-5-10-20)19-13-11-18(12-14-19)16-6-2-1-3-7-16/h1-3,6-7H,4-5,8-15H2. The number of hydrogen-bond donors (Lipinski definition) is 0. The van der Waals surface area contributed by atoms with Crippen LogP contribution in [0.15, 0.2) is 30.3 Å². The number of piperazine rings is 1. The number of nitrogens with zero attached hydrogens (tertiary/aromatic N) is 3. The zero-order chi connectivity index (χ0) is 17.0. The van der Waals surface area contributed by atoms with Crippen LogP contribution in [0.3, 0.4) is 0 Å². The average Bonchev–Trinajstić information content (AvgIpc) is 3.16. The number of sulfonamides is 1. The van der Waals surface area contributed by atoms with Crippen molar-refractivity contribution in [3.8, 4) is 0 Å². The fourth-order valence-electron chi connectivity index (χ4n) is 3.32. The molecule has 0 spiro atoms. The highest BCUT2D eigenvalue weighted by molar-refractivity contribution is 7.89. The SMILES string of the molecule is O=C(CCS(=O)(=O)N1CCCC1)N1CCN(c2ccccc2)CC1. The maximum Gasteiger partial charge on any atom is 0.223 e. The fraction of sp³-hybridized carbons (Fsp3) is 0.588. The van der Waals surface area contributed by atoms with E-state index < -0.39 is 10.0 Å². The van der Waals surface area contributed by atoms with Crippen LogP contribution in [0.1, 0.15) is 19.3 Å². The van der Waals surface area contributed by atoms with Gasteiger partial charge in [-0.25, -0.2) is 12.7 Å². The topological polar surface area (TPSA) is 60.9 Å². The van der Waals surface area contributed by atoms with Crippen LogP contribution >= 0.6 is 0 Å². The van der Waals surface area contributed by atoms with Gasteiger partial charge in [-0.3, -0.25) is 4.79 Å². The zero-order valence-electron chi connectivity index (χ0n) is 13.9. The van der Waals surface area contributed by atoms with E-state index >= 15 is 0 Å². The molecule has 2 heterocycles. The third-order valence-electron chi connectivity index (χ3n) is 4.79. The predicted molar refractivity (Wildman–Crippen MR) is 94.4 cm³/mol. The molecule has 3 rings (SSSR count). The van der Waals surface area contributed by atoms with Gasteiger partial charge >= 0.3 is 0 Å². The predicted octanol–water partition coefficient (Wildman–Crippen LogP) is 1.15. The van der Waals surface area contributed by atoms with Gasteiger partial charge in [-0.2, -0.15) is 0 Å². The molecule has 1 amide bonds. The third kappa shape index (κ3) is 4.08. The molecular weight excluding hydrogens is 326 g/mol. The summed E-state index contributed by atoms with van der Waals surface area (Å²) in [5.41, 5.74) is 1.17. The number of para-hydroxylation sites is 1. The van der Waals surface area contributed by atoms with E-state index in [9.17, 15) is 13.2 Å². The van der Waals surface area contributed by atoms with Gasteiger partial charge < -0.3 is 9.80 Å². The van der Waals surface area contributed by atoms with Crippen molar-refractivity contribution in [3.63, 3.8) is 0 Å². The van der Waals surface area contributed by atoms with Gasteiger partial charge in [0.15, 0.2) is 0 Å². The van der Waals surface area contributed by atoms with E-state index in [0.29, 0.717) is 26.2 Å². The van der Waals surface area contributed by atoms with Crippen molar-refractivity contribution in [3.05, 3.63) is 30.3 Å². The van der Waals surface area contributed by atoms with E-state index in [0.717, 1.165) is 25.9 Å². The van der Waals surface area contributed by atoms with Crippen molar-refractivity contribution >= 4 is 21.6 Å². The highest BCUT2D eigenvalue weighted by Gasteiger charge is 2.27. The summed E-state index contributed by atoms with van der Waals surface area (Å²) in [6.45, 7) is 4.08. The van der Waals surface area contributed by atoms with Gasteiger partial charge in [-0.15, -0.1) is 0 Å². The maximum atomic E-state index is 12.3. The molecule has 1 aromatic carbocycles. The molecule has 24 heavy (non-hydrogen) atoms. The molecule has 0 aromatic heterocycles. The molecular formula is C17H25N3O3S. The van der Waals surface area contributed by atoms with Crippen LogP contribution in [0.4, 0.5) is 5.69 Å². The Kier molecular flexibility index (Phi) is 5.40. The largest absolute Gasteiger partial charge is 0.368 e. The Morgan fingerprint density at radius 2 is 1.54 bits per heavy atom. The molecule has 0 saturated carbocycles. The van der Waals surface area contributed by atoms with Crippen LogP contribution < -0.4 is 4.90 Å². The summed E-state index contributed by atoms with van der Waals surface area (Å²) in [6, 6.07) is 10.1. The average molecular weight is 351 g/mol. The van der Waals surface area contributed by atoms with Gasteiger partial charge in [0.2, 0.25) is 15.9 Å². The molecule has 132 valence electrons. The van der Waals surface area contributed by atoms with E-state index in [1.165, 1.54) is 9.99 Å². The fourth-order valence-corrected chi connectivity index (χ4v) is 4.83. The molecule has 0 N–H and O–H groups in total. The molecule has 2 aliphatic heterocycles. The summed E-state index contributed by atoms with van der Waals surface area (Å²) >= 11 is 0. The molecule has 6 nitrogen and oxygen atoms in total. The van der Waals surface area contributed by atoms with Crippen LogP contribution in [0.5, 0.6) is 0 Å². The molecule has 2 saturated heterocycles. The van der Waals surface area contributed by atoms with Crippen LogP contribution in [-0.4, -0.2) is 68.6 Å². The lowest BCUT2D eigenvalue weighted by Crippen LogP contribution is -2.49. The quantitative estimate of drug-likeness (QED) is 0.798. The van der Waals surface area contributed by atoms with Crippen LogP contribution in [0.25, 0.3) is 0 Å². The van der Waals surface area contributed by atoms with Crippen LogP contribution in [0, 0.1) is 0 Å². The summed E-state index contributed by atoms with van der Waals surface area (Å²) in [4.78, 5) is 16.4. The first kappa shape index (κ1) is 17.2. The molecule has 2 fully saturated rings. The number of carbonyl (C=O) groups is 1. The maximum absolute atomic E-state index is 12.3. The lowest BCUT2D eigenvalue weighted by atomic mass is 10.2. The Morgan fingerprint density at radius 1 is 0.917 bits per heavy atom. The summed E-state index contributed by atoms with van der Waals surface area (Å²) in [5.74, 6) is -0.115. The minimum absolute atomic E-state index is 0.0505. The number of carbonyl (C=O) groups excluding carboxylic acids is 1. The molecule has 0 aliphatic carbocycles. The number of anilines is 1. The first-order chi connectivity index (χ1) is 11.6. The Balaban J connectivity index is 1.47. The molecule has 0 bridgehead atoms. The summed E-state index contributed by atoms with van der Waals surface area (Å²) in [5, 5.41) is 0. The number of benzene rings is 1. The van der Waals surface area contributed by atoms with E-state index in [4.69, 9.17) is 0 Å². The summed E-state index contributed by atoms with van der Waals surface area (Å²) in [7, 11) is -3.27. The Labute approximate surface area is 144 Å². The minimum Gasteiger partial charge on any atom is -0.368 e. The molecule has 2 aliphatic rings. The van der Waals surface area contributed by atoms with Gasteiger partial charge in [0, 0.05) is 51.4 Å². The second-order valence-corrected chi connectivity index (χ2v) is 8.46. The molecule has 0 unspecified atom stereocenters. The van der Waals surface area contributed by atoms with Gasteiger partial charge in [-0.1, -0.05) is 18.2 Å². The molecule has 7 heteroatoms. The second-order valence-electron chi connectivity index (χ2n) is 6.38. The van der Waals surface area contributed by atoms with Crippen molar-refractivity contribution in [1.29, 1.82) is 0 Å². The van der Waals surface area contributed by atoms with Crippen molar-refractivity contribution in [2.24, 2.45) is 0 Å². The van der Waals surface area contributed by atoms with Crippen LogP contribution in [0.2, 0.25) is 0 Å². The lowest BCUT2D eigenvalue weighted by Gasteiger charge is -2.36. The molecule has 0 atom stereocenters. The first-order valence-electron chi connectivity index (χ1n) is 8.62. The second kappa shape index (κ2) is 7.53. The van der Waals surface area contributed by atoms with Crippen LogP contribution in [-0.2, 0) is 14.8 Å². The number of amides is 1. The third-order valence-corrected chi connectivity index (χ3v) is 6.66. The Morgan fingerprint density at radius 3 is 2.17 bits per heavy atom. The first-order valence-corrected chi connectivity index (χ1v) is 10.2. The van der Waals surface area contributed by atoms with E-state index in [1.807, 2.05) is 18.2 Å². The monoisotopic (exact) mass is 351 g/mol. The van der Waals surface area contributed by atoms with Gasteiger partial charge in [0.25, 0.3) is 0 Å². The minimum atomic E-state index is -3.27. The van der Waals surface area contributed by atoms with Gasteiger partial charge in [0.1, 0.15) is 0 Å². The van der Waals surface area contributed by atoms with Crippen molar-refractivity contribution in [2.75, 3.05) is 49.9 Å². The Hall–Kier alpha value is -1.60. The summed E-state index contributed by atoms with van der Waals surface area (Å²) in [6.07, 6.45) is 1.94. The normalized spacial score (nSPS) is 19.7. The van der Waals surface area contributed by atoms with E-state index in [-0.39, 0.29) is 18.1 Å². The lowest BCUT2D eigenvalue weighted by molar-refractivity contribution is -0.131. The smallest absolute Gasteiger partial charge is 0.223 e. The van der Waals surface area contributed by atoms with Crippen molar-refractivity contribution in [2.45, 2.75) is 19.3 Å². The van der Waals surface area contributed by atoms with Crippen molar-refractivity contribution < 1.29 is 13.2 Å². The number of hydrogen-bond acceptors (Lipinski definition) is 4. The zero-order valence-corrected chi connectivity index (χ0v) is 14.7. The Bertz CT molecular complexity index is 649. The highest BCUT2D eigenvalue weighted by atomic mass is 32.2. The molecule has 1 aromatic rings. The number of rotatable bonds is 5. The van der Waals surface area contributed by atoms with E-state index in [2.05, 4.69) is 17.0 Å². The van der Waals surface area contributed by atoms with E-state index in [1.54, 1.807) is 4.90 Å². The van der Waals surface area contributed by atoms with Gasteiger partial charge in [-0.05, 0) is 25.0 Å². The van der Waals surface area contributed by atoms with Crippen molar-refractivity contribution in [1.82, 2.24) is 9.21 Å². The molecule has 0 radical (unpaired) electrons.